The molecular weight excluding hydrogens is 352 g/mol. The third-order valence-corrected chi connectivity index (χ3v) is 4.39. The third kappa shape index (κ3) is 4.62. The predicted octanol–water partition coefficient (Wildman–Crippen LogP) is 4.80. The topological polar surface area (TPSA) is 59.6 Å². The highest BCUT2D eigenvalue weighted by Crippen LogP contribution is 2.28. The molecule has 5 heteroatoms. The second kappa shape index (κ2) is 8.95. The Morgan fingerprint density at radius 3 is 2.39 bits per heavy atom. The van der Waals surface area contributed by atoms with Crippen LogP contribution in [0.3, 0.4) is 0 Å². The van der Waals surface area contributed by atoms with Gasteiger partial charge in [0.15, 0.2) is 0 Å². The second-order valence-corrected chi connectivity index (χ2v) is 6.41. The highest BCUT2D eigenvalue weighted by Gasteiger charge is 2.22. The summed E-state index contributed by atoms with van der Waals surface area (Å²) in [5, 5.41) is 6.30. The first-order valence-corrected chi connectivity index (χ1v) is 9.01. The molecule has 0 bridgehead atoms. The van der Waals surface area contributed by atoms with E-state index in [0.717, 1.165) is 22.6 Å². The van der Waals surface area contributed by atoms with Crippen molar-refractivity contribution in [3.05, 3.63) is 83.9 Å². The first kappa shape index (κ1) is 19.3. The number of ether oxygens (including phenoxy) is 2. The first-order valence-electron chi connectivity index (χ1n) is 9.01. The Morgan fingerprint density at radius 1 is 0.893 bits per heavy atom. The van der Waals surface area contributed by atoms with Crippen LogP contribution in [0.4, 0.5) is 11.4 Å². The Hall–Kier alpha value is -3.47. The van der Waals surface area contributed by atoms with Crippen molar-refractivity contribution in [1.82, 2.24) is 0 Å². The average molecular weight is 376 g/mol. The quantitative estimate of drug-likeness (QED) is 0.622. The van der Waals surface area contributed by atoms with E-state index >= 15 is 0 Å². The molecule has 0 heterocycles. The number of rotatable bonds is 7. The van der Waals surface area contributed by atoms with Gasteiger partial charge in [0.25, 0.3) is 5.91 Å². The number of anilines is 2. The van der Waals surface area contributed by atoms with Crippen LogP contribution in [-0.2, 0) is 4.79 Å². The van der Waals surface area contributed by atoms with E-state index in [1.165, 1.54) is 0 Å². The van der Waals surface area contributed by atoms with Gasteiger partial charge in [-0.15, -0.1) is 0 Å². The van der Waals surface area contributed by atoms with Crippen LogP contribution in [0.25, 0.3) is 0 Å². The van der Waals surface area contributed by atoms with Crippen molar-refractivity contribution in [3.8, 4) is 11.5 Å². The smallest absolute Gasteiger partial charge is 0.251 e. The molecule has 0 aliphatic heterocycles. The van der Waals surface area contributed by atoms with Crippen LogP contribution < -0.4 is 20.1 Å². The first-order chi connectivity index (χ1) is 13.6. The summed E-state index contributed by atoms with van der Waals surface area (Å²) in [5.41, 5.74) is 3.32. The van der Waals surface area contributed by atoms with E-state index < -0.39 is 6.04 Å². The van der Waals surface area contributed by atoms with E-state index in [1.807, 2.05) is 79.7 Å². The van der Waals surface area contributed by atoms with Crippen molar-refractivity contribution in [1.29, 1.82) is 0 Å². The molecular formula is C23H24N2O3. The van der Waals surface area contributed by atoms with Crippen LogP contribution in [0.1, 0.15) is 17.2 Å². The average Bonchev–Trinajstić information content (AvgIpc) is 2.73. The largest absolute Gasteiger partial charge is 0.497 e. The van der Waals surface area contributed by atoms with Gasteiger partial charge < -0.3 is 20.1 Å². The maximum Gasteiger partial charge on any atom is 0.251 e. The predicted molar refractivity (Wildman–Crippen MR) is 112 cm³/mol. The molecule has 1 amide bonds. The fraction of sp³-hybridized carbons (Fsp3) is 0.174. The van der Waals surface area contributed by atoms with Crippen LogP contribution in [0.2, 0.25) is 0 Å². The van der Waals surface area contributed by atoms with Crippen molar-refractivity contribution >= 4 is 17.3 Å². The summed E-state index contributed by atoms with van der Waals surface area (Å²) in [6.45, 7) is 1.97. The lowest BCUT2D eigenvalue weighted by Gasteiger charge is -2.21. The minimum absolute atomic E-state index is 0.182. The van der Waals surface area contributed by atoms with Crippen molar-refractivity contribution < 1.29 is 14.3 Å². The molecule has 2 N–H and O–H groups in total. The molecule has 0 spiro atoms. The number of aryl methyl sites for hydroxylation is 1. The van der Waals surface area contributed by atoms with E-state index in [1.54, 1.807) is 14.2 Å². The minimum Gasteiger partial charge on any atom is -0.497 e. The van der Waals surface area contributed by atoms with Crippen LogP contribution >= 0.6 is 0 Å². The maximum atomic E-state index is 13.2. The number of hydrogen-bond donors (Lipinski definition) is 2. The fourth-order valence-electron chi connectivity index (χ4n) is 2.95. The summed E-state index contributed by atoms with van der Waals surface area (Å²) in [6, 6.07) is 22.2. The van der Waals surface area contributed by atoms with E-state index in [-0.39, 0.29) is 5.91 Å². The molecule has 0 aliphatic rings. The number of hydrogen-bond acceptors (Lipinski definition) is 4. The van der Waals surface area contributed by atoms with Gasteiger partial charge in [-0.3, -0.25) is 4.79 Å². The molecule has 0 aliphatic carbocycles. The molecule has 0 fully saturated rings. The van der Waals surface area contributed by atoms with Crippen molar-refractivity contribution in [3.63, 3.8) is 0 Å². The molecule has 5 nitrogen and oxygen atoms in total. The molecule has 0 aromatic heterocycles. The van der Waals surface area contributed by atoms with Gasteiger partial charge in [0, 0.05) is 11.8 Å². The van der Waals surface area contributed by atoms with Crippen LogP contribution in [0.15, 0.2) is 72.8 Å². The molecule has 3 aromatic carbocycles. The van der Waals surface area contributed by atoms with E-state index in [2.05, 4.69) is 10.6 Å². The zero-order chi connectivity index (χ0) is 19.9. The summed E-state index contributed by atoms with van der Waals surface area (Å²) in [5.74, 6) is 1.16. The number of methoxy groups -OCH3 is 2. The van der Waals surface area contributed by atoms with Gasteiger partial charge in [0.05, 0.1) is 19.9 Å². The summed E-state index contributed by atoms with van der Waals surface area (Å²) in [7, 11) is 3.20. The van der Waals surface area contributed by atoms with Crippen LogP contribution in [0.5, 0.6) is 11.5 Å². The second-order valence-electron chi connectivity index (χ2n) is 6.41. The van der Waals surface area contributed by atoms with Gasteiger partial charge in [0.1, 0.15) is 17.5 Å². The standard InChI is InChI=1S/C23H24N2O3/c1-16-12-13-21(28-3)20(14-16)25-23(26)22(17-8-5-4-6-9-17)24-18-10-7-11-19(15-18)27-2/h4-15,22,24H,1-3H3,(H,25,26)/t22-/m1/s1. The Balaban J connectivity index is 1.90. The van der Waals surface area contributed by atoms with E-state index in [4.69, 9.17) is 9.47 Å². The molecule has 144 valence electrons. The highest BCUT2D eigenvalue weighted by atomic mass is 16.5. The Morgan fingerprint density at radius 2 is 1.68 bits per heavy atom. The molecule has 0 saturated carbocycles. The van der Waals surface area contributed by atoms with Gasteiger partial charge in [-0.2, -0.15) is 0 Å². The Labute approximate surface area is 165 Å². The number of carbonyl (C=O) groups excluding carboxylic acids is 1. The van der Waals surface area contributed by atoms with Crippen molar-refractivity contribution in [2.24, 2.45) is 0 Å². The number of benzene rings is 3. The lowest BCUT2D eigenvalue weighted by molar-refractivity contribution is -0.117. The molecule has 1 atom stereocenters. The van der Waals surface area contributed by atoms with Crippen LogP contribution in [-0.4, -0.2) is 20.1 Å². The van der Waals surface area contributed by atoms with Crippen molar-refractivity contribution in [2.75, 3.05) is 24.9 Å². The molecule has 28 heavy (non-hydrogen) atoms. The molecule has 0 radical (unpaired) electrons. The molecule has 3 rings (SSSR count). The zero-order valence-electron chi connectivity index (χ0n) is 16.2. The summed E-state index contributed by atoms with van der Waals surface area (Å²) < 4.78 is 10.7. The minimum atomic E-state index is -0.585. The Bertz CT molecular complexity index is 942. The van der Waals surface area contributed by atoms with Gasteiger partial charge in [-0.1, -0.05) is 42.5 Å². The van der Waals surface area contributed by atoms with Gasteiger partial charge >= 0.3 is 0 Å². The molecule has 0 saturated heterocycles. The number of carbonyl (C=O) groups is 1. The van der Waals surface area contributed by atoms with Gasteiger partial charge in [-0.25, -0.2) is 0 Å². The molecule has 0 unspecified atom stereocenters. The number of nitrogens with one attached hydrogen (secondary N) is 2. The van der Waals surface area contributed by atoms with Gasteiger partial charge in [0.2, 0.25) is 0 Å². The zero-order valence-corrected chi connectivity index (χ0v) is 16.2. The lowest BCUT2D eigenvalue weighted by Crippen LogP contribution is -2.27. The molecule has 3 aromatic rings. The SMILES string of the molecule is COc1cccc(N[C@@H](C(=O)Nc2cc(C)ccc2OC)c2ccccc2)c1. The lowest BCUT2D eigenvalue weighted by atomic mass is 10.1. The summed E-state index contributed by atoms with van der Waals surface area (Å²) in [4.78, 5) is 13.2. The number of amides is 1. The maximum absolute atomic E-state index is 13.2. The van der Waals surface area contributed by atoms with Crippen LogP contribution in [0, 0.1) is 6.92 Å². The summed E-state index contributed by atoms with van der Waals surface area (Å²) in [6.07, 6.45) is 0. The van der Waals surface area contributed by atoms with E-state index in [0.29, 0.717) is 11.4 Å². The third-order valence-electron chi connectivity index (χ3n) is 4.39. The highest BCUT2D eigenvalue weighted by molar-refractivity contribution is 5.98. The van der Waals surface area contributed by atoms with Gasteiger partial charge in [-0.05, 0) is 42.3 Å². The van der Waals surface area contributed by atoms with Crippen molar-refractivity contribution in [2.45, 2.75) is 13.0 Å². The normalized spacial score (nSPS) is 11.4. The monoisotopic (exact) mass is 376 g/mol. The summed E-state index contributed by atoms with van der Waals surface area (Å²) >= 11 is 0. The Kier molecular flexibility index (Phi) is 6.17. The fourth-order valence-corrected chi connectivity index (χ4v) is 2.95. The van der Waals surface area contributed by atoms with E-state index in [9.17, 15) is 4.79 Å².